The van der Waals surface area contributed by atoms with Crippen LogP contribution >= 0.6 is 0 Å². The summed E-state index contributed by atoms with van der Waals surface area (Å²) in [6.45, 7) is 0.545. The molecule has 238 valence electrons. The van der Waals surface area contributed by atoms with Gasteiger partial charge in [0.25, 0.3) is 11.8 Å². The fourth-order valence-corrected chi connectivity index (χ4v) is 5.42. The first-order valence-corrected chi connectivity index (χ1v) is 14.9. The lowest BCUT2D eigenvalue weighted by Gasteiger charge is -2.27. The lowest BCUT2D eigenvalue weighted by Crippen LogP contribution is -2.55. The SMILES string of the molecule is O=C(NCc1ccccc1)C(=O)[C@H](C[C@@H]1CCCNC1=O)NC(=O)[C@H](Cc1ccc(F)c(F)c1)NC(=O)c1cc2ccccc2[nH]1. The predicted octanol–water partition coefficient (Wildman–Crippen LogP) is 3.07. The van der Waals surface area contributed by atoms with Crippen molar-refractivity contribution in [1.82, 2.24) is 26.3 Å². The summed E-state index contributed by atoms with van der Waals surface area (Å²) in [6.07, 6.45) is 0.695. The number of hydrogen-bond donors (Lipinski definition) is 5. The largest absolute Gasteiger partial charge is 0.356 e. The number of carbonyl (C=O) groups excluding carboxylic acids is 5. The highest BCUT2D eigenvalue weighted by Crippen LogP contribution is 2.19. The molecule has 0 bridgehead atoms. The van der Waals surface area contributed by atoms with Gasteiger partial charge in [0.1, 0.15) is 11.7 Å². The van der Waals surface area contributed by atoms with Crippen LogP contribution in [0.5, 0.6) is 0 Å². The fourth-order valence-electron chi connectivity index (χ4n) is 5.42. The van der Waals surface area contributed by atoms with Crippen molar-refractivity contribution in [2.24, 2.45) is 5.92 Å². The fraction of sp³-hybridized carbons (Fsp3) is 0.265. The van der Waals surface area contributed by atoms with Gasteiger partial charge < -0.3 is 26.3 Å². The summed E-state index contributed by atoms with van der Waals surface area (Å²) >= 11 is 0. The lowest BCUT2D eigenvalue weighted by molar-refractivity contribution is -0.141. The number of hydrogen-bond acceptors (Lipinski definition) is 5. The van der Waals surface area contributed by atoms with Gasteiger partial charge >= 0.3 is 0 Å². The van der Waals surface area contributed by atoms with Crippen molar-refractivity contribution in [3.63, 3.8) is 0 Å². The Morgan fingerprint density at radius 1 is 0.848 bits per heavy atom. The van der Waals surface area contributed by atoms with Gasteiger partial charge in [-0.1, -0.05) is 54.6 Å². The van der Waals surface area contributed by atoms with Crippen LogP contribution in [-0.4, -0.2) is 53.0 Å². The number of para-hydroxylation sites is 1. The number of benzene rings is 3. The van der Waals surface area contributed by atoms with E-state index in [9.17, 15) is 32.8 Å². The molecule has 0 unspecified atom stereocenters. The molecule has 0 saturated carbocycles. The number of halogens is 2. The third-order valence-corrected chi connectivity index (χ3v) is 7.89. The van der Waals surface area contributed by atoms with Crippen molar-refractivity contribution in [3.05, 3.63) is 107 Å². The van der Waals surface area contributed by atoms with Gasteiger partial charge in [-0.2, -0.15) is 0 Å². The predicted molar refractivity (Wildman–Crippen MR) is 165 cm³/mol. The van der Waals surface area contributed by atoms with Gasteiger partial charge in [-0.15, -0.1) is 0 Å². The average Bonchev–Trinajstić information content (AvgIpc) is 3.50. The second-order valence-electron chi connectivity index (χ2n) is 11.2. The monoisotopic (exact) mass is 629 g/mol. The molecule has 1 aromatic heterocycles. The molecule has 1 saturated heterocycles. The summed E-state index contributed by atoms with van der Waals surface area (Å²) in [5.74, 6) is -6.58. The Morgan fingerprint density at radius 3 is 2.35 bits per heavy atom. The van der Waals surface area contributed by atoms with Gasteiger partial charge in [0.2, 0.25) is 17.6 Å². The molecule has 0 radical (unpaired) electrons. The molecule has 1 aliphatic heterocycles. The molecule has 1 fully saturated rings. The lowest BCUT2D eigenvalue weighted by atomic mass is 9.89. The van der Waals surface area contributed by atoms with E-state index >= 15 is 0 Å². The average molecular weight is 630 g/mol. The van der Waals surface area contributed by atoms with Gasteiger partial charge in [0, 0.05) is 36.3 Å². The normalized spacial score (nSPS) is 15.8. The molecule has 5 rings (SSSR count). The highest BCUT2D eigenvalue weighted by Gasteiger charge is 2.35. The number of H-pyrrole nitrogens is 1. The van der Waals surface area contributed by atoms with Crippen molar-refractivity contribution in [3.8, 4) is 0 Å². The number of fused-ring (bicyclic) bond motifs is 1. The van der Waals surface area contributed by atoms with E-state index < -0.39 is 53.1 Å². The van der Waals surface area contributed by atoms with Crippen LogP contribution in [0.1, 0.15) is 40.9 Å². The van der Waals surface area contributed by atoms with Crippen molar-refractivity contribution >= 4 is 40.3 Å². The van der Waals surface area contributed by atoms with Crippen LogP contribution in [0.25, 0.3) is 10.9 Å². The second kappa shape index (κ2) is 14.6. The molecular weight excluding hydrogens is 596 g/mol. The number of aromatic nitrogens is 1. The molecule has 12 heteroatoms. The molecule has 0 spiro atoms. The van der Waals surface area contributed by atoms with Crippen molar-refractivity contribution in [1.29, 1.82) is 0 Å². The highest BCUT2D eigenvalue weighted by molar-refractivity contribution is 6.38. The number of nitrogens with one attached hydrogen (secondary N) is 5. The zero-order valence-electron chi connectivity index (χ0n) is 24.8. The summed E-state index contributed by atoms with van der Waals surface area (Å²) in [7, 11) is 0. The Kier molecular flexibility index (Phi) is 10.2. The molecule has 4 amide bonds. The summed E-state index contributed by atoms with van der Waals surface area (Å²) in [4.78, 5) is 69.1. The smallest absolute Gasteiger partial charge is 0.289 e. The zero-order valence-corrected chi connectivity index (χ0v) is 24.8. The molecule has 46 heavy (non-hydrogen) atoms. The molecule has 3 aromatic carbocycles. The number of rotatable bonds is 12. The number of amides is 4. The minimum atomic E-state index is -1.41. The molecule has 3 atom stereocenters. The summed E-state index contributed by atoms with van der Waals surface area (Å²) in [6, 6.07) is 18.0. The van der Waals surface area contributed by atoms with E-state index in [0.29, 0.717) is 24.9 Å². The Labute approximate surface area is 263 Å². The van der Waals surface area contributed by atoms with Crippen molar-refractivity contribution in [2.45, 2.75) is 44.3 Å². The van der Waals surface area contributed by atoms with Crippen LogP contribution in [0, 0.1) is 17.6 Å². The minimum absolute atomic E-state index is 0.0648. The molecule has 5 N–H and O–H groups in total. The Morgan fingerprint density at radius 2 is 1.61 bits per heavy atom. The van der Waals surface area contributed by atoms with E-state index in [1.165, 1.54) is 6.07 Å². The quantitative estimate of drug-likeness (QED) is 0.153. The molecule has 4 aromatic rings. The number of Topliss-reactive ketones (excluding diaryl/α,β-unsaturated/α-hetero) is 1. The molecule has 0 aliphatic carbocycles. The molecule has 1 aliphatic rings. The van der Waals surface area contributed by atoms with Crippen LogP contribution in [0.2, 0.25) is 0 Å². The Bertz CT molecular complexity index is 1730. The van der Waals surface area contributed by atoms with Crippen molar-refractivity contribution in [2.75, 3.05) is 6.54 Å². The molecular formula is C34H33F2N5O5. The Hall–Kier alpha value is -5.39. The van der Waals surface area contributed by atoms with E-state index in [2.05, 4.69) is 26.3 Å². The maximum Gasteiger partial charge on any atom is 0.289 e. The van der Waals surface area contributed by atoms with E-state index in [-0.39, 0.29) is 36.6 Å². The summed E-state index contributed by atoms with van der Waals surface area (Å²) in [5, 5.41) is 11.2. The Balaban J connectivity index is 1.38. The van der Waals surface area contributed by atoms with E-state index in [4.69, 9.17) is 0 Å². The van der Waals surface area contributed by atoms with Crippen LogP contribution in [-0.2, 0) is 32.1 Å². The van der Waals surface area contributed by atoms with E-state index in [1.54, 1.807) is 54.6 Å². The standard InChI is InChI=1S/C34H33F2N5O5/c35-24-13-12-21(15-25(24)36)16-28(41-33(45)29-17-22-9-4-5-11-26(22)39-29)32(44)40-27(18-23-10-6-14-37-31(23)43)30(42)34(46)38-19-20-7-2-1-3-8-20/h1-5,7-9,11-13,15,17,23,27-28,39H,6,10,14,16,18-19H2,(H,37,43)(H,38,46)(H,40,44)(H,41,45)/t23-,27-,28-/m0/s1. The van der Waals surface area contributed by atoms with Crippen LogP contribution in [0.15, 0.2) is 78.9 Å². The maximum atomic E-state index is 14.1. The van der Waals surface area contributed by atoms with Gasteiger partial charge in [-0.05, 0) is 54.7 Å². The van der Waals surface area contributed by atoms with Crippen molar-refractivity contribution < 1.29 is 32.8 Å². The molecule has 10 nitrogen and oxygen atoms in total. The number of ketones is 1. The number of piperidine rings is 1. The van der Waals surface area contributed by atoms with Crippen LogP contribution < -0.4 is 21.3 Å². The highest BCUT2D eigenvalue weighted by atomic mass is 19.2. The summed E-state index contributed by atoms with van der Waals surface area (Å²) in [5.41, 5.74) is 1.79. The van der Waals surface area contributed by atoms with Gasteiger partial charge in [-0.25, -0.2) is 8.78 Å². The van der Waals surface area contributed by atoms with Gasteiger partial charge in [0.15, 0.2) is 11.6 Å². The maximum absolute atomic E-state index is 14.1. The number of carbonyl (C=O) groups is 5. The third-order valence-electron chi connectivity index (χ3n) is 7.89. The first-order chi connectivity index (χ1) is 22.2. The first kappa shape index (κ1) is 32.0. The van der Waals surface area contributed by atoms with Crippen LogP contribution in [0.3, 0.4) is 0 Å². The first-order valence-electron chi connectivity index (χ1n) is 14.9. The number of aromatic amines is 1. The van der Waals surface area contributed by atoms with Gasteiger partial charge in [0.05, 0.1) is 6.04 Å². The second-order valence-corrected chi connectivity index (χ2v) is 11.2. The molecule has 2 heterocycles. The van der Waals surface area contributed by atoms with Crippen LogP contribution in [0.4, 0.5) is 8.78 Å². The van der Waals surface area contributed by atoms with E-state index in [1.807, 2.05) is 6.07 Å². The topological polar surface area (TPSA) is 149 Å². The third kappa shape index (κ3) is 8.00. The minimum Gasteiger partial charge on any atom is -0.356 e. The van der Waals surface area contributed by atoms with E-state index in [0.717, 1.165) is 23.1 Å². The summed E-state index contributed by atoms with van der Waals surface area (Å²) < 4.78 is 27.7. The zero-order chi connectivity index (χ0) is 32.6. The van der Waals surface area contributed by atoms with Gasteiger partial charge in [-0.3, -0.25) is 24.0 Å².